The van der Waals surface area contributed by atoms with Crippen molar-refractivity contribution in [2.24, 2.45) is 0 Å². The molecule has 4 rings (SSSR count). The van der Waals surface area contributed by atoms with Gasteiger partial charge in [-0.15, -0.1) is 0 Å². The van der Waals surface area contributed by atoms with Crippen LogP contribution in [0.15, 0.2) is 61.7 Å². The number of benzene rings is 1. The van der Waals surface area contributed by atoms with Crippen molar-refractivity contribution in [3.8, 4) is 0 Å². The predicted molar refractivity (Wildman–Crippen MR) is 134 cm³/mol. The van der Waals surface area contributed by atoms with Gasteiger partial charge in [-0.2, -0.15) is 0 Å². The van der Waals surface area contributed by atoms with E-state index in [1.807, 2.05) is 13.0 Å². The molecule has 7 heteroatoms. The number of nitrogens with zero attached hydrogens (tertiary/aromatic N) is 5. The molecule has 0 unspecified atom stereocenters. The van der Waals surface area contributed by atoms with E-state index in [1.54, 1.807) is 36.9 Å². The number of carbonyl (C=O) groups excluding carboxylic acids is 1. The van der Waals surface area contributed by atoms with Crippen LogP contribution in [0.3, 0.4) is 0 Å². The maximum atomic E-state index is 13.2. The number of rotatable bonds is 6. The number of hydrogen-bond donors (Lipinski definition) is 1. The number of pyridine rings is 1. The van der Waals surface area contributed by atoms with Crippen LogP contribution >= 0.6 is 0 Å². The predicted octanol–water partition coefficient (Wildman–Crippen LogP) is 4.61. The second-order valence-corrected chi connectivity index (χ2v) is 8.60. The molecule has 3 aromatic rings. The normalized spacial score (nSPS) is 13.8. The summed E-state index contributed by atoms with van der Waals surface area (Å²) in [4.78, 5) is 30.7. The summed E-state index contributed by atoms with van der Waals surface area (Å²) < 4.78 is 0. The maximum absolute atomic E-state index is 13.2. The first-order valence-corrected chi connectivity index (χ1v) is 11.3. The highest BCUT2D eigenvalue weighted by molar-refractivity contribution is 6.08. The number of anilines is 3. The lowest BCUT2D eigenvalue weighted by Crippen LogP contribution is -2.47. The number of nitrogens with one attached hydrogen (secondary N) is 1. The summed E-state index contributed by atoms with van der Waals surface area (Å²) in [6.07, 6.45) is 6.89. The van der Waals surface area contributed by atoms with Gasteiger partial charge in [-0.05, 0) is 48.2 Å². The van der Waals surface area contributed by atoms with Crippen LogP contribution in [-0.2, 0) is 0 Å². The Morgan fingerprint density at radius 1 is 1.03 bits per heavy atom. The summed E-state index contributed by atoms with van der Waals surface area (Å²) >= 11 is 0. The third-order valence-corrected chi connectivity index (χ3v) is 5.89. The fraction of sp³-hybridized carbons (Fsp3) is 0.308. The van der Waals surface area contributed by atoms with Crippen LogP contribution in [0.5, 0.6) is 0 Å². The Bertz CT molecular complexity index is 1140. The molecule has 0 saturated carbocycles. The van der Waals surface area contributed by atoms with Gasteiger partial charge in [0.15, 0.2) is 0 Å². The van der Waals surface area contributed by atoms with Gasteiger partial charge >= 0.3 is 0 Å². The minimum atomic E-state index is -0.183. The van der Waals surface area contributed by atoms with Gasteiger partial charge in [-0.1, -0.05) is 26.5 Å². The van der Waals surface area contributed by atoms with Crippen molar-refractivity contribution in [3.05, 3.63) is 78.5 Å². The summed E-state index contributed by atoms with van der Waals surface area (Å²) in [5.41, 5.74) is 4.98. The van der Waals surface area contributed by atoms with Crippen LogP contribution < -0.4 is 15.1 Å². The number of amides is 1. The Morgan fingerprint density at radius 3 is 2.45 bits per heavy atom. The van der Waals surface area contributed by atoms with Crippen LogP contribution in [0.2, 0.25) is 0 Å². The van der Waals surface area contributed by atoms with E-state index in [-0.39, 0.29) is 5.91 Å². The monoisotopic (exact) mass is 442 g/mol. The van der Waals surface area contributed by atoms with Gasteiger partial charge in [0.05, 0.1) is 28.8 Å². The second-order valence-electron chi connectivity index (χ2n) is 8.60. The van der Waals surface area contributed by atoms with Gasteiger partial charge in [0.2, 0.25) is 0 Å². The van der Waals surface area contributed by atoms with E-state index < -0.39 is 0 Å². The van der Waals surface area contributed by atoms with E-state index in [9.17, 15) is 4.79 Å². The quantitative estimate of drug-likeness (QED) is 0.601. The lowest BCUT2D eigenvalue weighted by Gasteiger charge is -2.37. The number of carbonyl (C=O) groups is 1. The standard InChI is InChI=1S/C26H30N6O/c1-18(2)20-7-8-22(30-26(33)21-6-5-9-29-25(21)19(3)4)23(16-20)31-12-14-32(15-13-31)24-17-27-10-11-28-24/h5-11,16-18H,3,12-15H2,1-2,4H3,(H,30,33). The molecular weight excluding hydrogens is 412 g/mol. The molecular formula is C26H30N6O. The summed E-state index contributed by atoms with van der Waals surface area (Å²) in [6.45, 7) is 13.5. The second kappa shape index (κ2) is 9.81. The molecule has 1 saturated heterocycles. The van der Waals surface area contributed by atoms with Gasteiger partial charge in [-0.3, -0.25) is 14.8 Å². The van der Waals surface area contributed by atoms with E-state index >= 15 is 0 Å². The zero-order valence-corrected chi connectivity index (χ0v) is 19.5. The molecule has 2 aromatic heterocycles. The van der Waals surface area contributed by atoms with Crippen molar-refractivity contribution in [2.45, 2.75) is 26.7 Å². The average molecular weight is 443 g/mol. The molecule has 1 amide bonds. The van der Waals surface area contributed by atoms with Gasteiger partial charge in [0.25, 0.3) is 5.91 Å². The summed E-state index contributed by atoms with van der Waals surface area (Å²) in [6, 6.07) is 9.85. The van der Waals surface area contributed by atoms with Crippen molar-refractivity contribution >= 4 is 28.7 Å². The molecule has 3 heterocycles. The SMILES string of the molecule is C=C(C)c1ncccc1C(=O)Nc1ccc(C(C)C)cc1N1CCN(c2cnccn2)CC1. The molecule has 1 N–H and O–H groups in total. The Kier molecular flexibility index (Phi) is 6.68. The highest BCUT2D eigenvalue weighted by Crippen LogP contribution is 2.32. The van der Waals surface area contributed by atoms with Crippen LogP contribution in [0.25, 0.3) is 5.57 Å². The highest BCUT2D eigenvalue weighted by Gasteiger charge is 2.22. The van der Waals surface area contributed by atoms with Crippen molar-refractivity contribution in [1.82, 2.24) is 15.0 Å². The maximum Gasteiger partial charge on any atom is 0.257 e. The van der Waals surface area contributed by atoms with Crippen LogP contribution in [0, 0.1) is 0 Å². The Balaban J connectivity index is 1.59. The number of allylic oxidation sites excluding steroid dienone is 1. The van der Waals surface area contributed by atoms with E-state index in [4.69, 9.17) is 0 Å². The fourth-order valence-electron chi connectivity index (χ4n) is 4.02. The van der Waals surface area contributed by atoms with Crippen LogP contribution in [-0.4, -0.2) is 47.0 Å². The molecule has 1 aromatic carbocycles. The zero-order chi connectivity index (χ0) is 23.4. The fourth-order valence-corrected chi connectivity index (χ4v) is 4.02. The van der Waals surface area contributed by atoms with Crippen molar-refractivity contribution in [1.29, 1.82) is 0 Å². The number of hydrogen-bond acceptors (Lipinski definition) is 6. The molecule has 0 spiro atoms. The Hall–Kier alpha value is -3.74. The summed E-state index contributed by atoms with van der Waals surface area (Å²) in [7, 11) is 0. The largest absolute Gasteiger partial charge is 0.366 e. The number of aromatic nitrogens is 3. The van der Waals surface area contributed by atoms with Crippen molar-refractivity contribution in [3.63, 3.8) is 0 Å². The van der Waals surface area contributed by atoms with E-state index in [2.05, 4.69) is 62.6 Å². The van der Waals surface area contributed by atoms with Crippen LogP contribution in [0.4, 0.5) is 17.2 Å². The van der Waals surface area contributed by atoms with E-state index in [0.717, 1.165) is 48.9 Å². The molecule has 0 bridgehead atoms. The molecule has 33 heavy (non-hydrogen) atoms. The van der Waals surface area contributed by atoms with Gasteiger partial charge in [0.1, 0.15) is 5.82 Å². The molecule has 1 fully saturated rings. The van der Waals surface area contributed by atoms with E-state index in [1.165, 1.54) is 5.56 Å². The van der Waals surface area contributed by atoms with Crippen molar-refractivity contribution in [2.75, 3.05) is 41.3 Å². The molecule has 7 nitrogen and oxygen atoms in total. The molecule has 1 aliphatic heterocycles. The molecule has 170 valence electrons. The van der Waals surface area contributed by atoms with Gasteiger partial charge in [-0.25, -0.2) is 4.98 Å². The molecule has 0 atom stereocenters. The summed E-state index contributed by atoms with van der Waals surface area (Å²) in [5, 5.41) is 3.13. The average Bonchev–Trinajstić information content (AvgIpc) is 2.84. The minimum Gasteiger partial charge on any atom is -0.366 e. The highest BCUT2D eigenvalue weighted by atomic mass is 16.1. The topological polar surface area (TPSA) is 74.2 Å². The lowest BCUT2D eigenvalue weighted by atomic mass is 10.0. The van der Waals surface area contributed by atoms with Crippen molar-refractivity contribution < 1.29 is 4.79 Å². The third kappa shape index (κ3) is 5.03. The smallest absolute Gasteiger partial charge is 0.257 e. The Morgan fingerprint density at radius 2 is 1.79 bits per heavy atom. The van der Waals surface area contributed by atoms with Gasteiger partial charge < -0.3 is 15.1 Å². The molecule has 0 radical (unpaired) electrons. The summed E-state index contributed by atoms with van der Waals surface area (Å²) in [5.74, 6) is 1.10. The first-order chi connectivity index (χ1) is 15.9. The first kappa shape index (κ1) is 22.5. The van der Waals surface area contributed by atoms with E-state index in [0.29, 0.717) is 17.2 Å². The number of piperazine rings is 1. The zero-order valence-electron chi connectivity index (χ0n) is 19.5. The van der Waals surface area contributed by atoms with Crippen LogP contribution in [0.1, 0.15) is 48.3 Å². The third-order valence-electron chi connectivity index (χ3n) is 5.89. The first-order valence-electron chi connectivity index (χ1n) is 11.3. The molecule has 0 aliphatic carbocycles. The lowest BCUT2D eigenvalue weighted by molar-refractivity contribution is 0.102. The van der Waals surface area contributed by atoms with Gasteiger partial charge in [0, 0.05) is 44.8 Å². The molecule has 1 aliphatic rings. The minimum absolute atomic E-state index is 0.183. The Labute approximate surface area is 195 Å².